The number of hydrogen-bond acceptors (Lipinski definition) is 4. The van der Waals surface area contributed by atoms with E-state index in [4.69, 9.17) is 16.3 Å². The zero-order valence-corrected chi connectivity index (χ0v) is 12.1. The summed E-state index contributed by atoms with van der Waals surface area (Å²) in [7, 11) is 1.50. The van der Waals surface area contributed by atoms with Crippen LogP contribution in [0, 0.1) is 5.82 Å². The van der Waals surface area contributed by atoms with Gasteiger partial charge in [-0.3, -0.25) is 0 Å². The summed E-state index contributed by atoms with van der Waals surface area (Å²) in [6, 6.07) is 9.87. The van der Waals surface area contributed by atoms with Gasteiger partial charge in [0.05, 0.1) is 28.0 Å². The Hall–Kier alpha value is -1.85. The van der Waals surface area contributed by atoms with Gasteiger partial charge in [0.2, 0.25) is 0 Å². The Kier molecular flexibility index (Phi) is 3.46. The van der Waals surface area contributed by atoms with E-state index < -0.39 is 0 Å². The Balaban J connectivity index is 1.99. The molecule has 102 valence electrons. The number of halogens is 2. The molecule has 3 aromatic rings. The lowest BCUT2D eigenvalue weighted by molar-refractivity contribution is 0.413. The number of aromatic nitrogens is 1. The SMILES string of the molecule is COc1cc(F)ccc1Nc1nc2cccc(Cl)c2s1. The molecule has 0 aliphatic heterocycles. The van der Waals surface area contributed by atoms with Crippen LogP contribution < -0.4 is 10.1 Å². The Morgan fingerprint density at radius 3 is 2.90 bits per heavy atom. The summed E-state index contributed by atoms with van der Waals surface area (Å²) < 4.78 is 19.2. The Labute approximate surface area is 124 Å². The minimum Gasteiger partial charge on any atom is -0.494 e. The van der Waals surface area contributed by atoms with E-state index in [1.54, 1.807) is 6.07 Å². The van der Waals surface area contributed by atoms with Crippen LogP contribution in [0.1, 0.15) is 0 Å². The number of thiazole rings is 1. The summed E-state index contributed by atoms with van der Waals surface area (Å²) >= 11 is 7.56. The fraction of sp³-hybridized carbons (Fsp3) is 0.0714. The third-order valence-electron chi connectivity index (χ3n) is 2.77. The van der Waals surface area contributed by atoms with Gasteiger partial charge in [-0.25, -0.2) is 9.37 Å². The van der Waals surface area contributed by atoms with Crippen molar-refractivity contribution < 1.29 is 9.13 Å². The van der Waals surface area contributed by atoms with Gasteiger partial charge in [-0.1, -0.05) is 29.0 Å². The van der Waals surface area contributed by atoms with E-state index in [2.05, 4.69) is 10.3 Å². The maximum absolute atomic E-state index is 13.2. The third-order valence-corrected chi connectivity index (χ3v) is 4.22. The zero-order chi connectivity index (χ0) is 14.1. The van der Waals surface area contributed by atoms with Crippen molar-refractivity contribution in [1.29, 1.82) is 0 Å². The summed E-state index contributed by atoms with van der Waals surface area (Å²) in [5, 5.41) is 4.47. The molecule has 0 unspecified atom stereocenters. The number of methoxy groups -OCH3 is 1. The average Bonchev–Trinajstić information content (AvgIpc) is 2.85. The number of benzene rings is 2. The quantitative estimate of drug-likeness (QED) is 0.751. The van der Waals surface area contributed by atoms with Crippen molar-refractivity contribution >= 4 is 44.0 Å². The number of nitrogens with zero attached hydrogens (tertiary/aromatic N) is 1. The van der Waals surface area contributed by atoms with E-state index in [0.717, 1.165) is 10.2 Å². The predicted molar refractivity (Wildman–Crippen MR) is 80.9 cm³/mol. The van der Waals surface area contributed by atoms with E-state index >= 15 is 0 Å². The molecule has 0 aliphatic carbocycles. The molecule has 20 heavy (non-hydrogen) atoms. The second-order valence-corrected chi connectivity index (χ2v) is 5.48. The highest BCUT2D eigenvalue weighted by Crippen LogP contribution is 2.35. The molecular formula is C14H10ClFN2OS. The molecule has 0 spiro atoms. The number of fused-ring (bicyclic) bond motifs is 1. The first-order valence-corrected chi connectivity index (χ1v) is 7.02. The normalized spacial score (nSPS) is 10.8. The van der Waals surface area contributed by atoms with E-state index in [0.29, 0.717) is 21.6 Å². The summed E-state index contributed by atoms with van der Waals surface area (Å²) in [5.74, 6) is 0.0788. The van der Waals surface area contributed by atoms with E-state index in [1.807, 2.05) is 18.2 Å². The average molecular weight is 309 g/mol. The second kappa shape index (κ2) is 5.26. The van der Waals surface area contributed by atoms with E-state index in [1.165, 1.54) is 30.6 Å². The number of anilines is 2. The minimum absolute atomic E-state index is 0.347. The molecule has 0 aliphatic rings. The molecule has 0 fully saturated rings. The standard InChI is InChI=1S/C14H10ClFN2OS/c1-19-12-7-8(16)5-6-10(12)17-14-18-11-4-2-3-9(15)13(11)20-14/h2-7H,1H3,(H,17,18). The molecular weight excluding hydrogens is 299 g/mol. The number of nitrogens with one attached hydrogen (secondary N) is 1. The van der Waals surface area contributed by atoms with Gasteiger partial charge in [-0.2, -0.15) is 0 Å². The summed E-state index contributed by atoms with van der Waals surface area (Å²) in [5.41, 5.74) is 1.48. The third kappa shape index (κ3) is 2.42. The van der Waals surface area contributed by atoms with Crippen LogP contribution in [-0.4, -0.2) is 12.1 Å². The molecule has 1 aromatic heterocycles. The molecule has 0 atom stereocenters. The molecule has 0 saturated heterocycles. The molecule has 6 heteroatoms. The maximum Gasteiger partial charge on any atom is 0.188 e. The van der Waals surface area contributed by atoms with Crippen molar-refractivity contribution in [2.45, 2.75) is 0 Å². The Morgan fingerprint density at radius 1 is 1.30 bits per heavy atom. The predicted octanol–water partition coefficient (Wildman–Crippen LogP) is 4.84. The van der Waals surface area contributed by atoms with Crippen molar-refractivity contribution in [3.05, 3.63) is 47.2 Å². The highest BCUT2D eigenvalue weighted by Gasteiger charge is 2.10. The lowest BCUT2D eigenvalue weighted by atomic mass is 10.3. The van der Waals surface area contributed by atoms with Gasteiger partial charge in [0.1, 0.15) is 11.6 Å². The molecule has 1 heterocycles. The van der Waals surface area contributed by atoms with Crippen LogP contribution in [0.5, 0.6) is 5.75 Å². The molecule has 0 amide bonds. The van der Waals surface area contributed by atoms with Crippen molar-refractivity contribution in [1.82, 2.24) is 4.98 Å². The first-order chi connectivity index (χ1) is 9.67. The smallest absolute Gasteiger partial charge is 0.188 e. The monoisotopic (exact) mass is 308 g/mol. The molecule has 0 radical (unpaired) electrons. The number of ether oxygens (including phenoxy) is 1. The highest BCUT2D eigenvalue weighted by atomic mass is 35.5. The van der Waals surface area contributed by atoms with E-state index in [9.17, 15) is 4.39 Å². The van der Waals surface area contributed by atoms with Gasteiger partial charge in [-0.15, -0.1) is 0 Å². The van der Waals surface area contributed by atoms with Crippen molar-refractivity contribution in [3.63, 3.8) is 0 Å². The lowest BCUT2D eigenvalue weighted by Crippen LogP contribution is -1.94. The van der Waals surface area contributed by atoms with Gasteiger partial charge in [0.15, 0.2) is 5.13 Å². The summed E-state index contributed by atoms with van der Waals surface area (Å²) in [4.78, 5) is 4.44. The van der Waals surface area contributed by atoms with Crippen LogP contribution in [-0.2, 0) is 0 Å². The zero-order valence-electron chi connectivity index (χ0n) is 10.5. The number of rotatable bonds is 3. The molecule has 0 bridgehead atoms. The fourth-order valence-electron chi connectivity index (χ4n) is 1.85. The van der Waals surface area contributed by atoms with Crippen LogP contribution >= 0.6 is 22.9 Å². The van der Waals surface area contributed by atoms with Crippen molar-refractivity contribution in [2.24, 2.45) is 0 Å². The topological polar surface area (TPSA) is 34.1 Å². The Morgan fingerprint density at radius 2 is 2.15 bits per heavy atom. The van der Waals surface area contributed by atoms with Gasteiger partial charge in [0, 0.05) is 6.07 Å². The van der Waals surface area contributed by atoms with Crippen molar-refractivity contribution in [3.8, 4) is 5.75 Å². The van der Waals surface area contributed by atoms with Gasteiger partial charge < -0.3 is 10.1 Å². The Bertz CT molecular complexity index is 775. The van der Waals surface area contributed by atoms with Crippen LogP contribution in [0.4, 0.5) is 15.2 Å². The van der Waals surface area contributed by atoms with Crippen molar-refractivity contribution in [2.75, 3.05) is 12.4 Å². The lowest BCUT2D eigenvalue weighted by Gasteiger charge is -2.08. The van der Waals surface area contributed by atoms with Gasteiger partial charge >= 0.3 is 0 Å². The maximum atomic E-state index is 13.2. The first-order valence-electron chi connectivity index (χ1n) is 5.83. The minimum atomic E-state index is -0.347. The number of hydrogen-bond donors (Lipinski definition) is 1. The van der Waals surface area contributed by atoms with Crippen LogP contribution in [0.3, 0.4) is 0 Å². The van der Waals surface area contributed by atoms with Crippen LogP contribution in [0.15, 0.2) is 36.4 Å². The summed E-state index contributed by atoms with van der Waals surface area (Å²) in [6.07, 6.45) is 0. The molecule has 1 N–H and O–H groups in total. The largest absolute Gasteiger partial charge is 0.494 e. The fourth-order valence-corrected chi connectivity index (χ4v) is 3.02. The van der Waals surface area contributed by atoms with Gasteiger partial charge in [0.25, 0.3) is 0 Å². The summed E-state index contributed by atoms with van der Waals surface area (Å²) in [6.45, 7) is 0. The molecule has 3 rings (SSSR count). The molecule has 3 nitrogen and oxygen atoms in total. The van der Waals surface area contributed by atoms with Gasteiger partial charge in [-0.05, 0) is 24.3 Å². The molecule has 0 saturated carbocycles. The first kappa shape index (κ1) is 13.1. The van der Waals surface area contributed by atoms with E-state index in [-0.39, 0.29) is 5.82 Å². The van der Waals surface area contributed by atoms with Crippen LogP contribution in [0.25, 0.3) is 10.2 Å². The molecule has 2 aromatic carbocycles. The van der Waals surface area contributed by atoms with Crippen LogP contribution in [0.2, 0.25) is 5.02 Å². The highest BCUT2D eigenvalue weighted by molar-refractivity contribution is 7.22. The second-order valence-electron chi connectivity index (χ2n) is 4.08.